The molecule has 3 aliphatic heterocycles. The Balaban J connectivity index is 1.26. The number of carbonyl (C=O) groups excluding carboxylic acids is 3. The molecule has 1 spiro atoms. The molecular weight excluding hydrogens is 468 g/mol. The van der Waals surface area contributed by atoms with Crippen LogP contribution in [-0.2, 0) is 25.2 Å². The molecular formula is C21H22N4O6S2. The van der Waals surface area contributed by atoms with Gasteiger partial charge >= 0.3 is 6.03 Å². The number of urea groups is 1. The number of piperazine rings is 1. The van der Waals surface area contributed by atoms with Crippen molar-refractivity contribution in [3.05, 3.63) is 47.3 Å². The number of fused-ring (bicyclic) bond motifs is 2. The number of hydrogen-bond acceptors (Lipinski definition) is 7. The SMILES string of the molecule is O=C(CN1C(=O)NC2(CCOc3ccccc32)C1=O)N1CCN(S(=O)(=O)c2cccs2)CC1. The Hall–Kier alpha value is -2.96. The number of para-hydroxylation sites is 1. The average molecular weight is 491 g/mol. The van der Waals surface area contributed by atoms with Crippen molar-refractivity contribution in [2.45, 2.75) is 16.2 Å². The van der Waals surface area contributed by atoms with Crippen LogP contribution in [0.5, 0.6) is 5.75 Å². The molecule has 1 unspecified atom stereocenters. The molecule has 0 saturated carbocycles. The summed E-state index contributed by atoms with van der Waals surface area (Å²) in [7, 11) is -3.58. The maximum atomic E-state index is 13.3. The molecule has 174 valence electrons. The molecule has 10 nitrogen and oxygen atoms in total. The Bertz CT molecular complexity index is 1210. The van der Waals surface area contributed by atoms with E-state index in [1.807, 2.05) is 0 Å². The van der Waals surface area contributed by atoms with Crippen molar-refractivity contribution in [1.82, 2.24) is 19.4 Å². The average Bonchev–Trinajstić information content (AvgIpc) is 3.44. The van der Waals surface area contributed by atoms with Crippen LogP contribution in [-0.4, -0.2) is 79.7 Å². The number of nitrogens with one attached hydrogen (secondary N) is 1. The highest BCUT2D eigenvalue weighted by Gasteiger charge is 2.55. The molecule has 5 rings (SSSR count). The molecule has 2 saturated heterocycles. The fourth-order valence-electron chi connectivity index (χ4n) is 4.47. The van der Waals surface area contributed by atoms with Crippen LogP contribution >= 0.6 is 11.3 Å². The second-order valence-corrected chi connectivity index (χ2v) is 11.2. The van der Waals surface area contributed by atoms with Crippen molar-refractivity contribution in [2.24, 2.45) is 0 Å². The largest absolute Gasteiger partial charge is 0.493 e. The first-order valence-corrected chi connectivity index (χ1v) is 12.8. The standard InChI is InChI=1S/C21H22N4O6S2/c26-17(23-8-10-24(11-9-23)33(29,30)18-6-3-13-32-18)14-25-19(27)21(22-20(25)28)7-12-31-16-5-2-1-4-15(16)21/h1-6,13H,7-12,14H2,(H,22,28). The van der Waals surface area contributed by atoms with Gasteiger partial charge in [-0.2, -0.15) is 4.31 Å². The minimum atomic E-state index is -3.58. The Labute approximate surface area is 194 Å². The summed E-state index contributed by atoms with van der Waals surface area (Å²) >= 11 is 1.15. The molecule has 4 amide bonds. The molecule has 1 N–H and O–H groups in total. The molecule has 1 aromatic heterocycles. The predicted octanol–water partition coefficient (Wildman–Crippen LogP) is 0.811. The molecule has 1 atom stereocenters. The first-order chi connectivity index (χ1) is 15.8. The van der Waals surface area contributed by atoms with Gasteiger partial charge in [-0.25, -0.2) is 13.2 Å². The molecule has 2 aromatic rings. The molecule has 0 bridgehead atoms. The molecule has 2 fully saturated rings. The molecule has 1 aromatic carbocycles. The predicted molar refractivity (Wildman–Crippen MR) is 118 cm³/mol. The van der Waals surface area contributed by atoms with Gasteiger partial charge in [0.2, 0.25) is 5.91 Å². The Morgan fingerprint density at radius 1 is 1.09 bits per heavy atom. The summed E-state index contributed by atoms with van der Waals surface area (Å²) in [4.78, 5) is 41.4. The minimum absolute atomic E-state index is 0.154. The molecule has 4 heterocycles. The zero-order chi connectivity index (χ0) is 23.2. The van der Waals surface area contributed by atoms with Crippen molar-refractivity contribution in [1.29, 1.82) is 0 Å². The number of hydrogen-bond donors (Lipinski definition) is 1. The third-order valence-electron chi connectivity index (χ3n) is 6.23. The Kier molecular flexibility index (Phi) is 5.38. The van der Waals surface area contributed by atoms with Crippen molar-refractivity contribution < 1.29 is 27.5 Å². The summed E-state index contributed by atoms with van der Waals surface area (Å²) < 4.78 is 32.6. The third kappa shape index (κ3) is 3.58. The first-order valence-electron chi connectivity index (χ1n) is 10.5. The van der Waals surface area contributed by atoms with Gasteiger partial charge in [-0.05, 0) is 17.5 Å². The zero-order valence-corrected chi connectivity index (χ0v) is 19.2. The van der Waals surface area contributed by atoms with Crippen LogP contribution in [0, 0.1) is 0 Å². The van der Waals surface area contributed by atoms with E-state index in [0.29, 0.717) is 11.3 Å². The van der Waals surface area contributed by atoms with E-state index >= 15 is 0 Å². The van der Waals surface area contributed by atoms with Gasteiger partial charge in [-0.3, -0.25) is 14.5 Å². The van der Waals surface area contributed by atoms with Crippen molar-refractivity contribution in [3.63, 3.8) is 0 Å². The lowest BCUT2D eigenvalue weighted by molar-refractivity contribution is -0.140. The van der Waals surface area contributed by atoms with Crippen molar-refractivity contribution in [2.75, 3.05) is 39.3 Å². The number of carbonyl (C=O) groups is 3. The van der Waals surface area contributed by atoms with Gasteiger partial charge in [0.05, 0.1) is 6.61 Å². The van der Waals surface area contributed by atoms with Gasteiger partial charge in [0.1, 0.15) is 16.5 Å². The number of thiophene rings is 1. The third-order valence-corrected chi connectivity index (χ3v) is 9.50. The maximum Gasteiger partial charge on any atom is 0.325 e. The van der Waals surface area contributed by atoms with Crippen LogP contribution in [0.25, 0.3) is 0 Å². The summed E-state index contributed by atoms with van der Waals surface area (Å²) in [5.74, 6) is -0.340. The Morgan fingerprint density at radius 2 is 1.85 bits per heavy atom. The van der Waals surface area contributed by atoms with Crippen LogP contribution in [0.1, 0.15) is 12.0 Å². The van der Waals surface area contributed by atoms with E-state index in [1.54, 1.807) is 41.8 Å². The smallest absolute Gasteiger partial charge is 0.325 e. The summed E-state index contributed by atoms with van der Waals surface area (Å²) in [5.41, 5.74) is -0.656. The monoisotopic (exact) mass is 490 g/mol. The quantitative estimate of drug-likeness (QED) is 0.634. The number of benzene rings is 1. The van der Waals surface area contributed by atoms with Crippen LogP contribution in [0.15, 0.2) is 46.0 Å². The van der Waals surface area contributed by atoms with Gasteiger partial charge < -0.3 is 15.0 Å². The molecule has 33 heavy (non-hydrogen) atoms. The number of sulfonamides is 1. The first kappa shape index (κ1) is 21.9. The van der Waals surface area contributed by atoms with E-state index in [-0.39, 0.29) is 43.4 Å². The Morgan fingerprint density at radius 3 is 2.58 bits per heavy atom. The van der Waals surface area contributed by atoms with Gasteiger partial charge in [-0.1, -0.05) is 24.3 Å². The van der Waals surface area contributed by atoms with Crippen LogP contribution in [0.2, 0.25) is 0 Å². The summed E-state index contributed by atoms with van der Waals surface area (Å²) in [5, 5.41) is 4.48. The molecule has 12 heteroatoms. The fourth-order valence-corrected chi connectivity index (χ4v) is 7.03. The number of ether oxygens (including phenoxy) is 1. The van der Waals surface area contributed by atoms with E-state index in [0.717, 1.165) is 16.2 Å². The number of amides is 4. The van der Waals surface area contributed by atoms with Crippen LogP contribution < -0.4 is 10.1 Å². The number of nitrogens with zero attached hydrogens (tertiary/aromatic N) is 3. The highest BCUT2D eigenvalue weighted by Crippen LogP contribution is 2.40. The highest BCUT2D eigenvalue weighted by atomic mass is 32.2. The lowest BCUT2D eigenvalue weighted by atomic mass is 9.84. The van der Waals surface area contributed by atoms with Crippen molar-refractivity contribution in [3.8, 4) is 5.75 Å². The van der Waals surface area contributed by atoms with E-state index in [9.17, 15) is 22.8 Å². The van der Waals surface area contributed by atoms with E-state index < -0.39 is 40.0 Å². The van der Waals surface area contributed by atoms with Gasteiger partial charge in [0.15, 0.2) is 5.54 Å². The zero-order valence-electron chi connectivity index (χ0n) is 17.6. The maximum absolute atomic E-state index is 13.3. The van der Waals surface area contributed by atoms with Gasteiger partial charge in [-0.15, -0.1) is 11.3 Å². The van der Waals surface area contributed by atoms with Gasteiger partial charge in [0, 0.05) is 38.2 Å². The fraction of sp³-hybridized carbons (Fsp3) is 0.381. The molecule has 0 radical (unpaired) electrons. The summed E-state index contributed by atoms with van der Waals surface area (Å²) in [6.45, 7) is 0.559. The second-order valence-electron chi connectivity index (χ2n) is 8.04. The van der Waals surface area contributed by atoms with E-state index in [2.05, 4.69) is 5.32 Å². The van der Waals surface area contributed by atoms with Crippen LogP contribution in [0.3, 0.4) is 0 Å². The summed E-state index contributed by atoms with van der Waals surface area (Å²) in [6, 6.07) is 9.66. The topological polar surface area (TPSA) is 116 Å². The second kappa shape index (κ2) is 8.12. The van der Waals surface area contributed by atoms with Crippen LogP contribution in [0.4, 0.5) is 4.79 Å². The highest BCUT2D eigenvalue weighted by molar-refractivity contribution is 7.91. The van der Waals surface area contributed by atoms with E-state index in [4.69, 9.17) is 4.74 Å². The number of imide groups is 1. The van der Waals surface area contributed by atoms with Crippen molar-refractivity contribution >= 4 is 39.2 Å². The lowest BCUT2D eigenvalue weighted by Crippen LogP contribution is -2.53. The normalized spacial score (nSPS) is 23.4. The number of rotatable bonds is 4. The van der Waals surface area contributed by atoms with Gasteiger partial charge in [0.25, 0.3) is 15.9 Å². The lowest BCUT2D eigenvalue weighted by Gasteiger charge is -2.34. The summed E-state index contributed by atoms with van der Waals surface area (Å²) in [6.07, 6.45) is 0.276. The molecule has 0 aliphatic carbocycles. The molecule has 3 aliphatic rings. The minimum Gasteiger partial charge on any atom is -0.493 e. The van der Waals surface area contributed by atoms with E-state index in [1.165, 1.54) is 9.21 Å².